The van der Waals surface area contributed by atoms with Gasteiger partial charge in [0.1, 0.15) is 56.9 Å². The van der Waals surface area contributed by atoms with E-state index in [4.69, 9.17) is 9.47 Å². The fraction of sp³-hybridized carbons (Fsp3) is 0.318. The third-order valence-corrected chi connectivity index (χ3v) is 24.6. The summed E-state index contributed by atoms with van der Waals surface area (Å²) in [5.41, 5.74) is 1.38. The van der Waals surface area contributed by atoms with Crippen LogP contribution in [0.15, 0.2) is 170 Å². The number of methoxy groups -OCH3 is 2. The van der Waals surface area contributed by atoms with Crippen LogP contribution in [0.2, 0.25) is 0 Å². The van der Waals surface area contributed by atoms with E-state index in [0.717, 1.165) is 133 Å². The molecule has 0 bridgehead atoms. The summed E-state index contributed by atoms with van der Waals surface area (Å²) < 4.78 is 207. The third-order valence-electron chi connectivity index (χ3n) is 19.1. The highest BCUT2D eigenvalue weighted by Crippen LogP contribution is 2.41. The first-order chi connectivity index (χ1) is 60.8. The van der Waals surface area contributed by atoms with Gasteiger partial charge in [-0.05, 0) is 154 Å². The molecule has 688 valence electrons. The monoisotopic (exact) mass is 1900 g/mol. The molecule has 24 nitrogen and oxygen atoms in total. The van der Waals surface area contributed by atoms with Crippen molar-refractivity contribution in [2.24, 2.45) is 35.2 Å². The van der Waals surface area contributed by atoms with Gasteiger partial charge in [-0.15, -0.1) is 56.7 Å². The van der Waals surface area contributed by atoms with Gasteiger partial charge in [0.15, 0.2) is 6.29 Å². The third kappa shape index (κ3) is 26.1. The van der Waals surface area contributed by atoms with Crippen molar-refractivity contribution in [3.05, 3.63) is 239 Å². The zero-order valence-corrected chi connectivity index (χ0v) is 74.3. The lowest BCUT2D eigenvalue weighted by molar-refractivity contribution is -0.144. The van der Waals surface area contributed by atoms with Crippen molar-refractivity contribution in [2.45, 2.75) is 89.9 Å². The number of anilines is 2. The van der Waals surface area contributed by atoms with Crippen LogP contribution < -0.4 is 20.4 Å². The first-order valence-corrected chi connectivity index (χ1v) is 42.9. The van der Waals surface area contributed by atoms with Crippen LogP contribution in [0.5, 0.6) is 0 Å². The van der Waals surface area contributed by atoms with Gasteiger partial charge in [0.2, 0.25) is 0 Å². The molecule has 0 saturated carbocycles. The second-order valence-corrected chi connectivity index (χ2v) is 34.0. The molecule has 0 radical (unpaired) electrons. The van der Waals surface area contributed by atoms with E-state index in [0.29, 0.717) is 99.9 Å². The fourth-order valence-electron chi connectivity index (χ4n) is 13.0. The maximum absolute atomic E-state index is 12.9. The van der Waals surface area contributed by atoms with Crippen molar-refractivity contribution in [3.63, 3.8) is 0 Å². The molecule has 1 fully saturated rings. The second-order valence-electron chi connectivity index (χ2n) is 28.6. The van der Waals surface area contributed by atoms with Crippen LogP contribution in [0.25, 0.3) is 52.9 Å². The van der Waals surface area contributed by atoms with Gasteiger partial charge in [0.25, 0.3) is 29.5 Å². The van der Waals surface area contributed by atoms with Crippen LogP contribution in [0.4, 0.5) is 77.2 Å². The van der Waals surface area contributed by atoms with Gasteiger partial charge in [-0.25, -0.2) is 0 Å². The molecule has 13 aromatic rings. The number of benzene rings is 3. The van der Waals surface area contributed by atoms with Gasteiger partial charge in [0, 0.05) is 107 Å². The maximum Gasteiger partial charge on any atom is 0.433 e. The predicted octanol–water partition coefficient (Wildman–Crippen LogP) is 19.0. The van der Waals surface area contributed by atoms with Crippen molar-refractivity contribution < 1.29 is 110 Å². The Bertz CT molecular complexity index is 5950. The first kappa shape index (κ1) is 99.5. The summed E-state index contributed by atoms with van der Waals surface area (Å²) in [5, 5.41) is 43.8. The molecule has 10 aromatic heterocycles. The first-order valence-electron chi connectivity index (χ1n) is 38.9. The molecule has 0 unspecified atom stereocenters. The van der Waals surface area contributed by atoms with Crippen molar-refractivity contribution in [3.8, 4) is 52.9 Å². The molecule has 4 N–H and O–H groups in total. The number of nitrogens with zero attached hydrogens (tertiary/aromatic N) is 13. The van der Waals surface area contributed by atoms with Crippen LogP contribution in [0.3, 0.4) is 0 Å². The lowest BCUT2D eigenvalue weighted by Gasteiger charge is -2.21. The number of aliphatic hydroxyl groups excluding tert-OH is 2. The van der Waals surface area contributed by atoms with Gasteiger partial charge in [-0.1, -0.05) is 65.7 Å². The summed E-state index contributed by atoms with van der Waals surface area (Å²) in [4.78, 5) is 71.5. The number of carbonyl (C=O) groups is 5. The number of carbonyl (C=O) groups excluding carboxylic acids is 5. The van der Waals surface area contributed by atoms with Gasteiger partial charge in [-0.2, -0.15) is 91.3 Å². The van der Waals surface area contributed by atoms with E-state index in [1.165, 1.54) is 40.1 Å². The van der Waals surface area contributed by atoms with Crippen LogP contribution in [0, 0.1) is 13.8 Å². The summed E-state index contributed by atoms with van der Waals surface area (Å²) in [5.74, 6) is -1.29. The van der Waals surface area contributed by atoms with Gasteiger partial charge in [-0.3, -0.25) is 47.4 Å². The minimum Gasteiger partial charge on any atom is -0.395 e. The minimum absolute atomic E-state index is 0.109. The molecular formula is C85H84F15N15O9S5. The number of aliphatic hydroxyl groups is 2. The van der Waals surface area contributed by atoms with Crippen molar-refractivity contribution in [2.75, 3.05) is 63.4 Å². The SMILES string of the molecule is CCN(C(=O)c1ccc(-c2cc(C(F)(F)F)n(C)n2)s1)c1ccccc1.COC(CCCNC(=O)c1ccc(-c2cc(C(F)(F)F)n(C)n2)s1)OC.Cc1cc(C)cc(CNC(=O)c2ccc(-c3cc(C(F)(F)F)n(C)n3)s2)c1.Cn1nc(-c2ccc(C(=O)N(CCO)c3ccccc3)s2)cc1C(F)(F)F.Cn1nc(-c2ccc(C(=O)N3CC[C@@H](O)C3)s2)cc1C(F)(F)F. The number of hydrogen-bond acceptors (Lipinski definition) is 19. The highest BCUT2D eigenvalue weighted by atomic mass is 32.1. The summed E-state index contributed by atoms with van der Waals surface area (Å²) in [6, 6.07) is 44.9. The predicted molar refractivity (Wildman–Crippen MR) is 460 cm³/mol. The zero-order chi connectivity index (χ0) is 94.4. The van der Waals surface area contributed by atoms with Gasteiger partial charge in [0.05, 0.1) is 61.5 Å². The summed E-state index contributed by atoms with van der Waals surface area (Å²) >= 11 is 5.50. The number of thiophene rings is 5. The Labute approximate surface area is 748 Å². The van der Waals surface area contributed by atoms with Crippen LogP contribution in [-0.2, 0) is 82.1 Å². The molecule has 5 amide bonds. The Balaban J connectivity index is 0.000000168. The number of rotatable bonds is 23. The molecule has 0 spiro atoms. The number of amides is 5. The van der Waals surface area contributed by atoms with Crippen molar-refractivity contribution >= 4 is 97.6 Å². The van der Waals surface area contributed by atoms with Crippen LogP contribution in [0.1, 0.15) is 120 Å². The molecule has 1 aliphatic rings. The summed E-state index contributed by atoms with van der Waals surface area (Å²) in [7, 11) is 9.28. The molecule has 1 saturated heterocycles. The number of likely N-dealkylation sites (tertiary alicyclic amines) is 1. The maximum atomic E-state index is 12.9. The number of hydrogen-bond donors (Lipinski definition) is 4. The normalized spacial score (nSPS) is 12.9. The van der Waals surface area contributed by atoms with Crippen LogP contribution >= 0.6 is 56.7 Å². The highest BCUT2D eigenvalue weighted by molar-refractivity contribution is 7.19. The molecule has 129 heavy (non-hydrogen) atoms. The molecule has 1 atom stereocenters. The Morgan fingerprint density at radius 2 is 0.783 bits per heavy atom. The highest BCUT2D eigenvalue weighted by Gasteiger charge is 2.40. The van der Waals surface area contributed by atoms with E-state index in [1.807, 2.05) is 69.3 Å². The summed E-state index contributed by atoms with van der Waals surface area (Å²) in [6.45, 7) is 7.83. The molecule has 44 heteroatoms. The van der Waals surface area contributed by atoms with Crippen LogP contribution in [-0.4, -0.2) is 159 Å². The fourth-order valence-corrected chi connectivity index (χ4v) is 17.5. The topological polar surface area (TPSA) is 267 Å². The van der Waals surface area contributed by atoms with Crippen molar-refractivity contribution in [1.82, 2.24) is 64.4 Å². The van der Waals surface area contributed by atoms with Gasteiger partial charge < -0.3 is 45.0 Å². The molecular weight excluding hydrogens is 1820 g/mol. The standard InChI is InChI=1S/C19H18F3N3OS.C18H16F3N3O2S.C18H16F3N3OS.C16H20F3N3O3S.C14H14F3N3O2S/c1-11-6-12(2)8-13(7-11)10-23-18(26)16-5-4-15(27-16)14-9-17(19(20,21)22)25(3)24-14;1-23-16(18(19,20)21)11-13(22-23)14-7-8-15(27-14)17(26)24(9-10-25)12-5-3-2-4-6-12;1-3-24(12-7-5-4-6-8-12)17(25)15-10-9-14(26-15)13-11-16(18(19,20)21)23(2)22-13;1-22-13(16(17,18)19)9-10(21-22)11-6-7-12(26-11)15(23)20-8-4-5-14(24-2)25-3;1-19-12(14(15,16)17)6-9(18-19)10-2-3-11(23-10)13(22)20-5-4-8(21)7-20/h4-9H,10H2,1-3H3,(H,23,26);2-8,11,25H,9-10H2,1H3;4-11H,3H2,1-2H3;6-7,9,14H,4-5,8H2,1-3H3,(H,20,23);2-3,6,8,21H,4-5,7H2,1H3/t;;;;8-/m....1/s1. The lowest BCUT2D eigenvalue weighted by Crippen LogP contribution is -2.32. The minimum atomic E-state index is -4.50. The largest absolute Gasteiger partial charge is 0.433 e. The molecule has 3 aromatic carbocycles. The van der Waals surface area contributed by atoms with Crippen molar-refractivity contribution in [1.29, 1.82) is 0 Å². The Kier molecular flexibility index (Phi) is 33.0. The lowest BCUT2D eigenvalue weighted by atomic mass is 10.1. The number of ether oxygens (including phenoxy) is 2. The van der Waals surface area contributed by atoms with Gasteiger partial charge >= 0.3 is 30.9 Å². The number of nitrogens with one attached hydrogen (secondary N) is 2. The number of alkyl halides is 15. The molecule has 14 rings (SSSR count). The van der Waals surface area contributed by atoms with E-state index < -0.39 is 65.5 Å². The average Bonchev–Trinajstić information content (AvgIpc) is 1.67. The van der Waals surface area contributed by atoms with E-state index >= 15 is 0 Å². The molecule has 11 heterocycles. The van der Waals surface area contributed by atoms with E-state index in [-0.39, 0.29) is 84.0 Å². The molecule has 0 aliphatic carbocycles. The number of β-amino-alcohol motifs (C(OH)–C–C–N with tert-alkyl or cyclic N) is 1. The Morgan fingerprint density at radius 3 is 1.11 bits per heavy atom. The van der Waals surface area contributed by atoms with E-state index in [2.05, 4.69) is 42.2 Å². The Morgan fingerprint density at radius 1 is 0.457 bits per heavy atom. The number of para-hydroxylation sites is 2. The second kappa shape index (κ2) is 42.7. The number of halogens is 15. The smallest absolute Gasteiger partial charge is 0.395 e. The number of aryl methyl sites for hydroxylation is 7. The van der Waals surface area contributed by atoms with E-state index in [9.17, 15) is 100 Å². The zero-order valence-electron chi connectivity index (χ0n) is 70.2. The van der Waals surface area contributed by atoms with E-state index in [1.54, 1.807) is 109 Å². The quantitative estimate of drug-likeness (QED) is 0.0264. The Hall–Kier alpha value is -11.7. The average molecular weight is 1910 g/mol. The summed E-state index contributed by atoms with van der Waals surface area (Å²) in [6.07, 6.45) is -21.4. The molecule has 1 aliphatic heterocycles. The number of aromatic nitrogens is 10.